The van der Waals surface area contributed by atoms with E-state index in [1.165, 1.54) is 0 Å². The molecule has 0 fully saturated rings. The summed E-state index contributed by atoms with van der Waals surface area (Å²) in [5.74, 6) is -0.745. The number of carbonyl (C=O) groups is 1. The highest BCUT2D eigenvalue weighted by Crippen LogP contribution is 2.40. The van der Waals surface area contributed by atoms with Crippen molar-refractivity contribution in [2.75, 3.05) is 0 Å². The van der Waals surface area contributed by atoms with E-state index in [-0.39, 0.29) is 17.3 Å². The normalized spacial score (nSPS) is 33.2. The van der Waals surface area contributed by atoms with Crippen LogP contribution in [0.5, 0.6) is 0 Å². The highest BCUT2D eigenvalue weighted by Gasteiger charge is 2.39. The van der Waals surface area contributed by atoms with Gasteiger partial charge in [0.1, 0.15) is 0 Å². The first-order valence-electron chi connectivity index (χ1n) is 4.34. The van der Waals surface area contributed by atoms with Gasteiger partial charge in [0.15, 0.2) is 0 Å². The number of carboxylic acid groups (broad SMARTS) is 1. The van der Waals surface area contributed by atoms with E-state index in [1.807, 2.05) is 26.8 Å². The van der Waals surface area contributed by atoms with Crippen molar-refractivity contribution in [1.29, 1.82) is 0 Å². The zero-order chi connectivity index (χ0) is 9.35. The van der Waals surface area contributed by atoms with Crippen LogP contribution in [-0.4, -0.2) is 11.1 Å². The van der Waals surface area contributed by atoms with Gasteiger partial charge in [-0.2, -0.15) is 0 Å². The molecule has 0 amide bonds. The summed E-state index contributed by atoms with van der Waals surface area (Å²) in [6.45, 7) is 6.01. The first-order chi connectivity index (χ1) is 5.45. The lowest BCUT2D eigenvalue weighted by Gasteiger charge is -2.36. The molecule has 68 valence electrons. The first-order valence-corrected chi connectivity index (χ1v) is 4.34. The summed E-state index contributed by atoms with van der Waals surface area (Å²) in [4.78, 5) is 10.9. The number of carboxylic acids is 1. The Morgan fingerprint density at radius 3 is 2.50 bits per heavy atom. The van der Waals surface area contributed by atoms with Crippen LogP contribution >= 0.6 is 0 Å². The summed E-state index contributed by atoms with van der Waals surface area (Å²) in [5.41, 5.74) is -0.0972. The third-order valence-corrected chi connectivity index (χ3v) is 2.72. The van der Waals surface area contributed by atoms with Crippen molar-refractivity contribution in [3.63, 3.8) is 0 Å². The van der Waals surface area contributed by atoms with Gasteiger partial charge in [0.05, 0.1) is 5.92 Å². The molecule has 2 nitrogen and oxygen atoms in total. The molecule has 12 heavy (non-hydrogen) atoms. The van der Waals surface area contributed by atoms with Gasteiger partial charge in [-0.05, 0) is 17.8 Å². The Kier molecular flexibility index (Phi) is 2.27. The fourth-order valence-electron chi connectivity index (χ4n) is 2.10. The molecule has 0 bridgehead atoms. The fraction of sp³-hybridized carbons (Fsp3) is 0.700. The van der Waals surface area contributed by atoms with Gasteiger partial charge in [0.25, 0.3) is 0 Å². The smallest absolute Gasteiger partial charge is 0.307 e. The van der Waals surface area contributed by atoms with Crippen molar-refractivity contribution >= 4 is 5.97 Å². The van der Waals surface area contributed by atoms with Crippen molar-refractivity contribution in [2.45, 2.75) is 27.2 Å². The van der Waals surface area contributed by atoms with Crippen molar-refractivity contribution in [2.24, 2.45) is 17.3 Å². The lowest BCUT2D eigenvalue weighted by molar-refractivity contribution is -0.147. The quantitative estimate of drug-likeness (QED) is 0.610. The summed E-state index contributed by atoms with van der Waals surface area (Å²) in [5, 5.41) is 9.01. The average molecular weight is 168 g/mol. The number of hydrogen-bond acceptors (Lipinski definition) is 1. The molecule has 0 heterocycles. The molecule has 0 saturated carbocycles. The molecule has 0 radical (unpaired) electrons. The highest BCUT2D eigenvalue weighted by atomic mass is 16.4. The summed E-state index contributed by atoms with van der Waals surface area (Å²) in [6, 6.07) is 0. The SMILES string of the molecule is CC1C=CCC(C)(C)C1C(=O)O. The van der Waals surface area contributed by atoms with E-state index in [9.17, 15) is 4.79 Å². The van der Waals surface area contributed by atoms with E-state index in [0.717, 1.165) is 6.42 Å². The molecule has 2 unspecified atom stereocenters. The summed E-state index contributed by atoms with van der Waals surface area (Å²) < 4.78 is 0. The Balaban J connectivity index is 2.92. The van der Waals surface area contributed by atoms with Crippen LogP contribution < -0.4 is 0 Å². The fourth-order valence-corrected chi connectivity index (χ4v) is 2.10. The van der Waals surface area contributed by atoms with Gasteiger partial charge in [-0.25, -0.2) is 0 Å². The van der Waals surface area contributed by atoms with Gasteiger partial charge >= 0.3 is 5.97 Å². The van der Waals surface area contributed by atoms with Crippen LogP contribution in [-0.2, 0) is 4.79 Å². The van der Waals surface area contributed by atoms with Crippen molar-refractivity contribution in [3.8, 4) is 0 Å². The number of allylic oxidation sites excluding steroid dienone is 2. The molecular weight excluding hydrogens is 152 g/mol. The minimum absolute atomic E-state index is 0.0972. The van der Waals surface area contributed by atoms with Crippen molar-refractivity contribution < 1.29 is 9.90 Å². The molecule has 1 N–H and O–H groups in total. The van der Waals surface area contributed by atoms with Gasteiger partial charge in [-0.3, -0.25) is 4.79 Å². The van der Waals surface area contributed by atoms with Crippen LogP contribution in [0.15, 0.2) is 12.2 Å². The van der Waals surface area contributed by atoms with E-state index < -0.39 is 5.97 Å². The largest absolute Gasteiger partial charge is 0.481 e. The molecule has 2 atom stereocenters. The Bertz CT molecular complexity index is 216. The molecule has 2 heteroatoms. The maximum atomic E-state index is 10.9. The minimum atomic E-state index is -0.670. The van der Waals surface area contributed by atoms with E-state index in [1.54, 1.807) is 0 Å². The van der Waals surface area contributed by atoms with E-state index >= 15 is 0 Å². The molecule has 1 aliphatic rings. The predicted molar refractivity (Wildman–Crippen MR) is 47.8 cm³/mol. The van der Waals surface area contributed by atoms with Crippen molar-refractivity contribution in [3.05, 3.63) is 12.2 Å². The first kappa shape index (κ1) is 9.30. The molecule has 0 aromatic carbocycles. The maximum Gasteiger partial charge on any atom is 0.307 e. The van der Waals surface area contributed by atoms with Crippen LogP contribution in [0.2, 0.25) is 0 Å². The highest BCUT2D eigenvalue weighted by molar-refractivity contribution is 5.72. The summed E-state index contributed by atoms with van der Waals surface area (Å²) in [6.07, 6.45) is 4.96. The Morgan fingerprint density at radius 2 is 2.17 bits per heavy atom. The Hall–Kier alpha value is -0.790. The molecule has 0 saturated heterocycles. The molecular formula is C10H16O2. The zero-order valence-electron chi connectivity index (χ0n) is 7.87. The second-order valence-corrected chi connectivity index (χ2v) is 4.30. The molecule has 0 aromatic rings. The standard InChI is InChI=1S/C10H16O2/c1-7-5-4-6-10(2,3)8(7)9(11)12/h4-5,7-8H,6H2,1-3H3,(H,11,12). The van der Waals surface area contributed by atoms with Crippen LogP contribution in [0.25, 0.3) is 0 Å². The second kappa shape index (κ2) is 2.92. The third-order valence-electron chi connectivity index (χ3n) is 2.72. The van der Waals surface area contributed by atoms with Crippen LogP contribution in [0.1, 0.15) is 27.2 Å². The monoisotopic (exact) mass is 168 g/mol. The van der Waals surface area contributed by atoms with Gasteiger partial charge in [-0.15, -0.1) is 0 Å². The maximum absolute atomic E-state index is 10.9. The topological polar surface area (TPSA) is 37.3 Å². The number of aliphatic carboxylic acids is 1. The van der Waals surface area contributed by atoms with E-state index in [4.69, 9.17) is 5.11 Å². The molecule has 0 aromatic heterocycles. The predicted octanol–water partition coefficient (Wildman–Crippen LogP) is 2.31. The zero-order valence-corrected chi connectivity index (χ0v) is 7.87. The van der Waals surface area contributed by atoms with E-state index in [0.29, 0.717) is 0 Å². The summed E-state index contributed by atoms with van der Waals surface area (Å²) >= 11 is 0. The minimum Gasteiger partial charge on any atom is -0.481 e. The van der Waals surface area contributed by atoms with Crippen LogP contribution in [0, 0.1) is 17.3 Å². The van der Waals surface area contributed by atoms with Gasteiger partial charge in [0.2, 0.25) is 0 Å². The van der Waals surface area contributed by atoms with Gasteiger partial charge in [0, 0.05) is 0 Å². The lowest BCUT2D eigenvalue weighted by Crippen LogP contribution is -2.37. The Labute approximate surface area is 73.3 Å². The van der Waals surface area contributed by atoms with Gasteiger partial charge in [-0.1, -0.05) is 32.9 Å². The molecule has 1 aliphatic carbocycles. The lowest BCUT2D eigenvalue weighted by atomic mass is 9.67. The molecule has 0 aliphatic heterocycles. The summed E-state index contributed by atoms with van der Waals surface area (Å²) in [7, 11) is 0. The third kappa shape index (κ3) is 1.52. The van der Waals surface area contributed by atoms with Gasteiger partial charge < -0.3 is 5.11 Å². The van der Waals surface area contributed by atoms with Crippen molar-refractivity contribution in [1.82, 2.24) is 0 Å². The van der Waals surface area contributed by atoms with Crippen LogP contribution in [0.3, 0.4) is 0 Å². The average Bonchev–Trinajstić information content (AvgIpc) is 1.82. The number of rotatable bonds is 1. The molecule has 0 spiro atoms. The second-order valence-electron chi connectivity index (χ2n) is 4.30. The molecule has 1 rings (SSSR count). The Morgan fingerprint density at radius 1 is 1.58 bits per heavy atom. The number of hydrogen-bond donors (Lipinski definition) is 1. The van der Waals surface area contributed by atoms with E-state index in [2.05, 4.69) is 6.08 Å². The van der Waals surface area contributed by atoms with Crippen LogP contribution in [0.4, 0.5) is 0 Å².